The smallest absolute Gasteiger partial charge is 0.226 e. The summed E-state index contributed by atoms with van der Waals surface area (Å²) < 4.78 is 5.67. The summed E-state index contributed by atoms with van der Waals surface area (Å²) in [6.07, 6.45) is 3.08. The van der Waals surface area contributed by atoms with Crippen LogP contribution < -0.4 is 15.4 Å². The number of rotatable bonds is 3. The third-order valence-electron chi connectivity index (χ3n) is 4.26. The minimum Gasteiger partial charge on any atom is -0.492 e. The van der Waals surface area contributed by atoms with E-state index in [1.54, 1.807) is 0 Å². The monoisotopic (exact) mass is 308 g/mol. The van der Waals surface area contributed by atoms with Gasteiger partial charge in [-0.15, -0.1) is 0 Å². The van der Waals surface area contributed by atoms with Crippen molar-refractivity contribution in [3.05, 3.63) is 28.8 Å². The fourth-order valence-electron chi connectivity index (χ4n) is 3.02. The normalized spacial score (nSPS) is 24.8. The van der Waals surface area contributed by atoms with Gasteiger partial charge in [0.05, 0.1) is 5.92 Å². The van der Waals surface area contributed by atoms with Gasteiger partial charge in [0.25, 0.3) is 0 Å². The van der Waals surface area contributed by atoms with Crippen molar-refractivity contribution < 1.29 is 9.53 Å². The molecule has 2 atom stereocenters. The molecule has 3 rings (SSSR count). The minimum atomic E-state index is -0.118. The topological polar surface area (TPSA) is 50.4 Å². The second-order valence-electron chi connectivity index (χ2n) is 5.92. The summed E-state index contributed by atoms with van der Waals surface area (Å²) >= 11 is 6.00. The van der Waals surface area contributed by atoms with E-state index < -0.39 is 0 Å². The van der Waals surface area contributed by atoms with E-state index in [-0.39, 0.29) is 11.8 Å². The Kier molecular flexibility index (Phi) is 4.66. The van der Waals surface area contributed by atoms with E-state index in [0.717, 1.165) is 30.9 Å². The summed E-state index contributed by atoms with van der Waals surface area (Å²) in [6, 6.07) is 5.58. The SMILES string of the molecule is O=C(NCC1CCCNC1)C1COc2ccc(Cl)cc2C1. The molecule has 0 radical (unpaired) electrons. The molecular weight excluding hydrogens is 288 g/mol. The van der Waals surface area contributed by atoms with E-state index in [4.69, 9.17) is 16.3 Å². The molecule has 0 spiro atoms. The van der Waals surface area contributed by atoms with E-state index in [0.29, 0.717) is 24.0 Å². The number of amides is 1. The van der Waals surface area contributed by atoms with Gasteiger partial charge in [0.2, 0.25) is 5.91 Å². The van der Waals surface area contributed by atoms with Gasteiger partial charge in [-0.1, -0.05) is 11.6 Å². The molecule has 0 aliphatic carbocycles. The quantitative estimate of drug-likeness (QED) is 0.898. The summed E-state index contributed by atoms with van der Waals surface area (Å²) in [6.45, 7) is 3.30. The lowest BCUT2D eigenvalue weighted by Crippen LogP contribution is -2.42. The molecule has 1 amide bonds. The van der Waals surface area contributed by atoms with Gasteiger partial charge in [0, 0.05) is 11.6 Å². The first kappa shape index (κ1) is 14.7. The van der Waals surface area contributed by atoms with Crippen molar-refractivity contribution in [3.63, 3.8) is 0 Å². The van der Waals surface area contributed by atoms with Gasteiger partial charge in [0.15, 0.2) is 0 Å². The van der Waals surface area contributed by atoms with Crippen LogP contribution >= 0.6 is 11.6 Å². The van der Waals surface area contributed by atoms with E-state index >= 15 is 0 Å². The van der Waals surface area contributed by atoms with Gasteiger partial charge in [-0.05, 0) is 62.0 Å². The summed E-state index contributed by atoms with van der Waals surface area (Å²) in [4.78, 5) is 12.3. The van der Waals surface area contributed by atoms with E-state index in [1.165, 1.54) is 12.8 Å². The molecular formula is C16H21ClN2O2. The molecule has 0 aromatic heterocycles. The lowest BCUT2D eigenvalue weighted by Gasteiger charge is -2.27. The molecule has 1 saturated heterocycles. The van der Waals surface area contributed by atoms with Crippen molar-refractivity contribution in [2.45, 2.75) is 19.3 Å². The molecule has 0 bridgehead atoms. The van der Waals surface area contributed by atoms with Crippen LogP contribution in [0.4, 0.5) is 0 Å². The molecule has 4 nitrogen and oxygen atoms in total. The molecule has 2 heterocycles. The first-order chi connectivity index (χ1) is 10.2. The zero-order valence-electron chi connectivity index (χ0n) is 12.0. The Balaban J connectivity index is 1.54. The highest BCUT2D eigenvalue weighted by molar-refractivity contribution is 6.30. The Bertz CT molecular complexity index is 515. The van der Waals surface area contributed by atoms with Gasteiger partial charge >= 0.3 is 0 Å². The number of nitrogens with one attached hydrogen (secondary N) is 2. The first-order valence-electron chi connectivity index (χ1n) is 7.62. The Morgan fingerprint density at radius 2 is 2.38 bits per heavy atom. The van der Waals surface area contributed by atoms with Crippen LogP contribution in [0.5, 0.6) is 5.75 Å². The van der Waals surface area contributed by atoms with Crippen molar-refractivity contribution in [3.8, 4) is 5.75 Å². The van der Waals surface area contributed by atoms with Crippen LogP contribution in [-0.2, 0) is 11.2 Å². The van der Waals surface area contributed by atoms with Crippen LogP contribution in [0.15, 0.2) is 18.2 Å². The van der Waals surface area contributed by atoms with Gasteiger partial charge in [0.1, 0.15) is 12.4 Å². The van der Waals surface area contributed by atoms with Crippen molar-refractivity contribution in [2.24, 2.45) is 11.8 Å². The number of fused-ring (bicyclic) bond motifs is 1. The summed E-state index contributed by atoms with van der Waals surface area (Å²) in [5.41, 5.74) is 1.02. The average molecular weight is 309 g/mol. The number of ether oxygens (including phenoxy) is 1. The molecule has 0 saturated carbocycles. The summed E-state index contributed by atoms with van der Waals surface area (Å²) in [5, 5.41) is 7.13. The van der Waals surface area contributed by atoms with Crippen molar-refractivity contribution in [2.75, 3.05) is 26.2 Å². The maximum Gasteiger partial charge on any atom is 0.226 e. The fraction of sp³-hybridized carbons (Fsp3) is 0.562. The summed E-state index contributed by atoms with van der Waals surface area (Å²) in [5.74, 6) is 1.37. The van der Waals surface area contributed by atoms with E-state index in [2.05, 4.69) is 10.6 Å². The number of piperidine rings is 1. The molecule has 2 aliphatic rings. The largest absolute Gasteiger partial charge is 0.492 e. The average Bonchev–Trinajstić information content (AvgIpc) is 2.53. The van der Waals surface area contributed by atoms with Crippen LogP contribution in [-0.4, -0.2) is 32.1 Å². The molecule has 114 valence electrons. The second kappa shape index (κ2) is 6.67. The van der Waals surface area contributed by atoms with Gasteiger partial charge in [-0.2, -0.15) is 0 Å². The Morgan fingerprint density at radius 3 is 3.19 bits per heavy atom. The maximum absolute atomic E-state index is 12.3. The van der Waals surface area contributed by atoms with Gasteiger partial charge in [-0.25, -0.2) is 0 Å². The molecule has 1 fully saturated rings. The van der Waals surface area contributed by atoms with Gasteiger partial charge in [-0.3, -0.25) is 4.79 Å². The number of halogens is 1. The zero-order chi connectivity index (χ0) is 14.7. The van der Waals surface area contributed by atoms with Crippen LogP contribution in [0.25, 0.3) is 0 Å². The first-order valence-corrected chi connectivity index (χ1v) is 8.00. The van der Waals surface area contributed by atoms with Crippen LogP contribution in [0.1, 0.15) is 18.4 Å². The van der Waals surface area contributed by atoms with Gasteiger partial charge < -0.3 is 15.4 Å². The van der Waals surface area contributed by atoms with Crippen LogP contribution in [0, 0.1) is 11.8 Å². The van der Waals surface area contributed by atoms with Crippen molar-refractivity contribution in [1.29, 1.82) is 0 Å². The number of carbonyl (C=O) groups is 1. The summed E-state index contributed by atoms with van der Waals surface area (Å²) in [7, 11) is 0. The number of benzene rings is 1. The standard InChI is InChI=1S/C16H21ClN2O2/c17-14-3-4-15-12(7-14)6-13(10-21-15)16(20)19-9-11-2-1-5-18-8-11/h3-4,7,11,13,18H,1-2,5-6,8-10H2,(H,19,20). The molecule has 1 aromatic carbocycles. The molecule has 1 aromatic rings. The zero-order valence-corrected chi connectivity index (χ0v) is 12.8. The predicted octanol–water partition coefficient (Wildman–Crippen LogP) is 2.01. The second-order valence-corrected chi connectivity index (χ2v) is 6.36. The molecule has 21 heavy (non-hydrogen) atoms. The molecule has 2 N–H and O–H groups in total. The third kappa shape index (κ3) is 3.69. The lowest BCUT2D eigenvalue weighted by atomic mass is 9.95. The number of hydrogen-bond donors (Lipinski definition) is 2. The molecule has 5 heteroatoms. The highest BCUT2D eigenvalue weighted by atomic mass is 35.5. The van der Waals surface area contributed by atoms with Crippen molar-refractivity contribution in [1.82, 2.24) is 10.6 Å². The molecule has 2 aliphatic heterocycles. The van der Waals surface area contributed by atoms with Crippen molar-refractivity contribution >= 4 is 17.5 Å². The fourth-order valence-corrected chi connectivity index (χ4v) is 3.21. The predicted molar refractivity (Wildman–Crippen MR) is 82.7 cm³/mol. The number of carbonyl (C=O) groups excluding carboxylic acids is 1. The van der Waals surface area contributed by atoms with E-state index in [9.17, 15) is 4.79 Å². The van der Waals surface area contributed by atoms with E-state index in [1.807, 2.05) is 18.2 Å². The Morgan fingerprint density at radius 1 is 1.48 bits per heavy atom. The minimum absolute atomic E-state index is 0.0891. The Hall–Kier alpha value is -1.26. The van der Waals surface area contributed by atoms with Crippen LogP contribution in [0.3, 0.4) is 0 Å². The number of hydrogen-bond acceptors (Lipinski definition) is 3. The lowest BCUT2D eigenvalue weighted by molar-refractivity contribution is -0.126. The Labute approximate surface area is 130 Å². The highest BCUT2D eigenvalue weighted by Gasteiger charge is 2.26. The highest BCUT2D eigenvalue weighted by Crippen LogP contribution is 2.29. The third-order valence-corrected chi connectivity index (χ3v) is 4.50. The maximum atomic E-state index is 12.3. The van der Waals surface area contributed by atoms with Crippen LogP contribution in [0.2, 0.25) is 5.02 Å². The molecule has 2 unspecified atom stereocenters.